The number of aromatic carboxylic acids is 1. The van der Waals surface area contributed by atoms with Gasteiger partial charge in [0.25, 0.3) is 0 Å². The average Bonchev–Trinajstić information content (AvgIpc) is 3.06. The number of hydrogen-bond acceptors (Lipinski definition) is 3. The second-order valence-electron chi connectivity index (χ2n) is 4.48. The fraction of sp³-hybridized carbons (Fsp3) is 0.214. The summed E-state index contributed by atoms with van der Waals surface area (Å²) in [5, 5.41) is 14.1. The molecule has 3 aromatic rings. The largest absolute Gasteiger partial charge is 0.478 e. The zero-order valence-electron chi connectivity index (χ0n) is 11.0. The first-order valence-electron chi connectivity index (χ1n) is 6.38. The van der Waals surface area contributed by atoms with Crippen LogP contribution in [0.4, 0.5) is 0 Å². The van der Waals surface area contributed by atoms with E-state index in [1.807, 2.05) is 34.5 Å². The molecule has 3 rings (SSSR count). The molecule has 0 spiro atoms. The molecule has 1 aromatic carbocycles. The summed E-state index contributed by atoms with van der Waals surface area (Å²) in [7, 11) is 0. The number of carboxylic acid groups (broad SMARTS) is 1. The molecule has 0 saturated carbocycles. The van der Waals surface area contributed by atoms with Crippen molar-refractivity contribution in [1.82, 2.24) is 19.3 Å². The van der Waals surface area contributed by atoms with Crippen molar-refractivity contribution in [2.45, 2.75) is 20.0 Å². The molecule has 0 aliphatic heterocycles. The van der Waals surface area contributed by atoms with Crippen LogP contribution in [0.1, 0.15) is 23.1 Å². The van der Waals surface area contributed by atoms with Crippen molar-refractivity contribution in [2.75, 3.05) is 0 Å². The van der Waals surface area contributed by atoms with E-state index in [-0.39, 0.29) is 0 Å². The van der Waals surface area contributed by atoms with E-state index in [0.717, 1.165) is 23.3 Å². The normalized spacial score (nSPS) is 11.1. The Morgan fingerprint density at radius 2 is 2.20 bits per heavy atom. The molecular weight excluding hydrogens is 256 g/mol. The van der Waals surface area contributed by atoms with Crippen molar-refractivity contribution in [3.05, 3.63) is 48.2 Å². The Hall–Kier alpha value is -2.63. The van der Waals surface area contributed by atoms with Gasteiger partial charge in [0.05, 0.1) is 12.1 Å². The lowest BCUT2D eigenvalue weighted by atomic mass is 10.1. The number of carbonyl (C=O) groups is 1. The van der Waals surface area contributed by atoms with Crippen LogP contribution in [0.15, 0.2) is 36.8 Å². The van der Waals surface area contributed by atoms with Gasteiger partial charge in [0.15, 0.2) is 0 Å². The van der Waals surface area contributed by atoms with Gasteiger partial charge in [-0.2, -0.15) is 5.10 Å². The predicted molar refractivity (Wildman–Crippen MR) is 73.7 cm³/mol. The van der Waals surface area contributed by atoms with Crippen molar-refractivity contribution in [1.29, 1.82) is 0 Å². The molecular formula is C14H14N4O2. The van der Waals surface area contributed by atoms with Crippen molar-refractivity contribution in [3.8, 4) is 0 Å². The molecule has 0 unspecified atom stereocenters. The summed E-state index contributed by atoms with van der Waals surface area (Å²) in [6, 6.07) is 7.11. The number of nitrogens with zero attached hydrogens (tertiary/aromatic N) is 4. The van der Waals surface area contributed by atoms with Gasteiger partial charge in [0, 0.05) is 23.6 Å². The summed E-state index contributed by atoms with van der Waals surface area (Å²) in [6.07, 6.45) is 3.42. The molecule has 0 bridgehead atoms. The lowest BCUT2D eigenvalue weighted by Crippen LogP contribution is -2.08. The van der Waals surface area contributed by atoms with Gasteiger partial charge in [-0.25, -0.2) is 14.5 Å². The molecule has 0 saturated heterocycles. The van der Waals surface area contributed by atoms with Gasteiger partial charge in [-0.15, -0.1) is 0 Å². The van der Waals surface area contributed by atoms with Gasteiger partial charge in [-0.05, 0) is 25.1 Å². The SMILES string of the molecule is CCn1ncnc1Cn1ccc2c(C(=O)O)cccc21. The van der Waals surface area contributed by atoms with Crippen LogP contribution in [0.2, 0.25) is 0 Å². The van der Waals surface area contributed by atoms with Crippen LogP contribution in [-0.4, -0.2) is 30.4 Å². The van der Waals surface area contributed by atoms with Crippen LogP contribution in [0.25, 0.3) is 10.9 Å². The van der Waals surface area contributed by atoms with E-state index in [1.54, 1.807) is 12.1 Å². The molecule has 0 atom stereocenters. The number of aromatic nitrogens is 4. The standard InChI is InChI=1S/C14H14N4O2/c1-2-18-13(15-9-16-18)8-17-7-6-10-11(14(19)20)4-3-5-12(10)17/h3-7,9H,2,8H2,1H3,(H,19,20). The summed E-state index contributed by atoms with van der Waals surface area (Å²) in [5.41, 5.74) is 1.20. The highest BCUT2D eigenvalue weighted by Gasteiger charge is 2.12. The monoisotopic (exact) mass is 270 g/mol. The maximum absolute atomic E-state index is 11.2. The third-order valence-corrected chi connectivity index (χ3v) is 3.35. The van der Waals surface area contributed by atoms with Gasteiger partial charge >= 0.3 is 5.97 Å². The van der Waals surface area contributed by atoms with Crippen LogP contribution >= 0.6 is 0 Å². The van der Waals surface area contributed by atoms with E-state index in [1.165, 1.54) is 6.33 Å². The highest BCUT2D eigenvalue weighted by molar-refractivity contribution is 6.02. The first kappa shape index (κ1) is 12.4. The van der Waals surface area contributed by atoms with Crippen molar-refractivity contribution in [3.63, 3.8) is 0 Å². The molecule has 0 aliphatic carbocycles. The van der Waals surface area contributed by atoms with Gasteiger partial charge < -0.3 is 9.67 Å². The summed E-state index contributed by atoms with van der Waals surface area (Å²) < 4.78 is 3.81. The molecule has 0 amide bonds. The number of aryl methyl sites for hydroxylation is 1. The maximum Gasteiger partial charge on any atom is 0.336 e. The fourth-order valence-electron chi connectivity index (χ4n) is 2.37. The quantitative estimate of drug-likeness (QED) is 0.787. The van der Waals surface area contributed by atoms with E-state index in [9.17, 15) is 9.90 Å². The summed E-state index contributed by atoms with van der Waals surface area (Å²) in [6.45, 7) is 3.34. The van der Waals surface area contributed by atoms with Crippen molar-refractivity contribution in [2.24, 2.45) is 0 Å². The summed E-state index contributed by atoms with van der Waals surface area (Å²) in [5.74, 6) is -0.0594. The van der Waals surface area contributed by atoms with Crippen LogP contribution in [0, 0.1) is 0 Å². The van der Waals surface area contributed by atoms with E-state index < -0.39 is 5.97 Å². The number of benzene rings is 1. The van der Waals surface area contributed by atoms with E-state index in [2.05, 4.69) is 10.1 Å². The Balaban J connectivity index is 2.05. The lowest BCUT2D eigenvalue weighted by Gasteiger charge is -2.06. The smallest absolute Gasteiger partial charge is 0.336 e. The lowest BCUT2D eigenvalue weighted by molar-refractivity contribution is 0.0699. The van der Waals surface area contributed by atoms with Gasteiger partial charge in [0.2, 0.25) is 0 Å². The first-order chi connectivity index (χ1) is 9.70. The summed E-state index contributed by atoms with van der Waals surface area (Å²) >= 11 is 0. The predicted octanol–water partition coefficient (Wildman–Crippen LogP) is 2.00. The molecule has 6 nitrogen and oxygen atoms in total. The minimum Gasteiger partial charge on any atom is -0.478 e. The Morgan fingerprint density at radius 1 is 1.35 bits per heavy atom. The van der Waals surface area contributed by atoms with Gasteiger partial charge in [-0.1, -0.05) is 6.07 Å². The average molecular weight is 270 g/mol. The number of fused-ring (bicyclic) bond motifs is 1. The Labute approximate surface area is 115 Å². The third-order valence-electron chi connectivity index (χ3n) is 3.35. The maximum atomic E-state index is 11.2. The van der Waals surface area contributed by atoms with E-state index >= 15 is 0 Å². The minimum atomic E-state index is -0.912. The topological polar surface area (TPSA) is 72.9 Å². The van der Waals surface area contributed by atoms with Crippen molar-refractivity contribution < 1.29 is 9.90 Å². The van der Waals surface area contributed by atoms with E-state index in [4.69, 9.17) is 0 Å². The second-order valence-corrected chi connectivity index (χ2v) is 4.48. The fourth-order valence-corrected chi connectivity index (χ4v) is 2.37. The molecule has 6 heteroatoms. The van der Waals surface area contributed by atoms with Crippen LogP contribution < -0.4 is 0 Å². The summed E-state index contributed by atoms with van der Waals surface area (Å²) in [4.78, 5) is 15.4. The number of hydrogen-bond donors (Lipinski definition) is 1. The third kappa shape index (κ3) is 1.95. The Bertz CT molecular complexity index is 772. The zero-order valence-corrected chi connectivity index (χ0v) is 11.0. The van der Waals surface area contributed by atoms with Crippen molar-refractivity contribution >= 4 is 16.9 Å². The first-order valence-corrected chi connectivity index (χ1v) is 6.38. The Morgan fingerprint density at radius 3 is 2.95 bits per heavy atom. The number of carboxylic acids is 1. The Kier molecular flexibility index (Phi) is 2.98. The molecule has 1 N–H and O–H groups in total. The van der Waals surface area contributed by atoms with Gasteiger partial charge in [0.1, 0.15) is 12.2 Å². The zero-order chi connectivity index (χ0) is 14.1. The highest BCUT2D eigenvalue weighted by atomic mass is 16.4. The van der Waals surface area contributed by atoms with Crippen LogP contribution in [0.3, 0.4) is 0 Å². The molecule has 2 heterocycles. The molecule has 102 valence electrons. The highest BCUT2D eigenvalue weighted by Crippen LogP contribution is 2.21. The van der Waals surface area contributed by atoms with Gasteiger partial charge in [-0.3, -0.25) is 0 Å². The molecule has 0 fully saturated rings. The second kappa shape index (κ2) is 4.80. The van der Waals surface area contributed by atoms with E-state index in [0.29, 0.717) is 12.1 Å². The molecule has 0 radical (unpaired) electrons. The van der Waals surface area contributed by atoms with Crippen LogP contribution in [0.5, 0.6) is 0 Å². The molecule has 0 aliphatic rings. The number of rotatable bonds is 4. The van der Waals surface area contributed by atoms with Crippen LogP contribution in [-0.2, 0) is 13.1 Å². The molecule has 20 heavy (non-hydrogen) atoms. The minimum absolute atomic E-state index is 0.318. The molecule has 2 aromatic heterocycles.